The Kier molecular flexibility index (Phi) is 3.79. The second-order valence-corrected chi connectivity index (χ2v) is 5.11. The van der Waals surface area contributed by atoms with Crippen molar-refractivity contribution >= 4 is 40.0 Å². The van der Waals surface area contributed by atoms with Crippen LogP contribution in [-0.2, 0) is 0 Å². The Morgan fingerprint density at radius 2 is 1.76 bits per heavy atom. The molecule has 0 fully saturated rings. The third kappa shape index (κ3) is 2.84. The summed E-state index contributed by atoms with van der Waals surface area (Å²) in [6.07, 6.45) is 0. The van der Waals surface area contributed by atoms with Gasteiger partial charge in [0, 0.05) is 14.7 Å². The molecule has 0 radical (unpaired) electrons. The highest BCUT2D eigenvalue weighted by molar-refractivity contribution is 14.1. The molecule has 0 atom stereocenters. The summed E-state index contributed by atoms with van der Waals surface area (Å²) in [6, 6.07) is 10.6. The Balaban J connectivity index is 2.40. The second-order valence-electron chi connectivity index (χ2n) is 3.46. The average Bonchev–Trinajstić information content (AvgIpc) is 2.29. The highest BCUT2D eigenvalue weighted by Gasteiger charge is 2.12. The first-order valence-electron chi connectivity index (χ1n) is 4.83. The van der Waals surface area contributed by atoms with Crippen LogP contribution in [0.5, 0.6) is 0 Å². The van der Waals surface area contributed by atoms with Gasteiger partial charge < -0.3 is 0 Å². The van der Waals surface area contributed by atoms with E-state index in [-0.39, 0.29) is 11.6 Å². The molecule has 0 saturated carbocycles. The van der Waals surface area contributed by atoms with Gasteiger partial charge in [-0.2, -0.15) is 0 Å². The first-order chi connectivity index (χ1) is 8.08. The fourth-order valence-electron chi connectivity index (χ4n) is 1.43. The van der Waals surface area contributed by atoms with Crippen LogP contribution in [0.15, 0.2) is 42.5 Å². The number of carbonyl (C=O) groups excluding carboxylic acids is 1. The van der Waals surface area contributed by atoms with Gasteiger partial charge in [0.15, 0.2) is 5.78 Å². The van der Waals surface area contributed by atoms with Crippen LogP contribution in [0, 0.1) is 9.39 Å². The summed E-state index contributed by atoms with van der Waals surface area (Å²) >= 11 is 8.13. The lowest BCUT2D eigenvalue weighted by atomic mass is 10.0. The van der Waals surface area contributed by atoms with E-state index in [0.29, 0.717) is 16.1 Å². The SMILES string of the molecule is O=C(c1ccc(F)cc1)c1ccc(I)cc1Cl. The molecule has 2 rings (SSSR count). The summed E-state index contributed by atoms with van der Waals surface area (Å²) in [6.45, 7) is 0. The van der Waals surface area contributed by atoms with Crippen molar-refractivity contribution in [1.82, 2.24) is 0 Å². The number of halogens is 3. The van der Waals surface area contributed by atoms with Gasteiger partial charge in [-0.1, -0.05) is 11.6 Å². The predicted octanol–water partition coefficient (Wildman–Crippen LogP) is 4.31. The lowest BCUT2D eigenvalue weighted by molar-refractivity contribution is 0.103. The number of hydrogen-bond donors (Lipinski definition) is 0. The molecule has 0 aliphatic heterocycles. The normalized spacial score (nSPS) is 10.3. The molecule has 0 aromatic heterocycles. The Labute approximate surface area is 117 Å². The third-order valence-electron chi connectivity index (χ3n) is 2.28. The maximum absolute atomic E-state index is 12.7. The molecule has 0 saturated heterocycles. The Morgan fingerprint density at radius 3 is 2.35 bits per heavy atom. The first-order valence-corrected chi connectivity index (χ1v) is 6.29. The van der Waals surface area contributed by atoms with Crippen LogP contribution in [0.1, 0.15) is 15.9 Å². The van der Waals surface area contributed by atoms with Gasteiger partial charge in [-0.15, -0.1) is 0 Å². The van der Waals surface area contributed by atoms with Crippen LogP contribution in [0.4, 0.5) is 4.39 Å². The number of hydrogen-bond acceptors (Lipinski definition) is 1. The molecular formula is C13H7ClFIO. The lowest BCUT2D eigenvalue weighted by Crippen LogP contribution is -2.02. The molecule has 86 valence electrons. The van der Waals surface area contributed by atoms with Gasteiger partial charge in [0.05, 0.1) is 5.02 Å². The molecule has 0 heterocycles. The zero-order valence-corrected chi connectivity index (χ0v) is 11.5. The number of ketones is 1. The van der Waals surface area contributed by atoms with Crippen LogP contribution >= 0.6 is 34.2 Å². The van der Waals surface area contributed by atoms with Gasteiger partial charge in [-0.25, -0.2) is 4.39 Å². The summed E-state index contributed by atoms with van der Waals surface area (Å²) in [5, 5.41) is 0.409. The molecule has 4 heteroatoms. The quantitative estimate of drug-likeness (QED) is 0.576. The summed E-state index contributed by atoms with van der Waals surface area (Å²) in [5.41, 5.74) is 0.855. The predicted molar refractivity (Wildman–Crippen MR) is 74.0 cm³/mol. The largest absolute Gasteiger partial charge is 0.289 e. The van der Waals surface area contributed by atoms with E-state index in [9.17, 15) is 9.18 Å². The number of carbonyl (C=O) groups is 1. The van der Waals surface area contributed by atoms with Crippen molar-refractivity contribution in [2.24, 2.45) is 0 Å². The first kappa shape index (κ1) is 12.5. The summed E-state index contributed by atoms with van der Waals surface area (Å²) in [5.74, 6) is -0.568. The fraction of sp³-hybridized carbons (Fsp3) is 0. The van der Waals surface area contributed by atoms with E-state index in [4.69, 9.17) is 11.6 Å². The van der Waals surface area contributed by atoms with E-state index in [1.807, 2.05) is 6.07 Å². The molecule has 0 aliphatic rings. The smallest absolute Gasteiger partial charge is 0.194 e. The third-order valence-corrected chi connectivity index (χ3v) is 3.27. The molecule has 0 N–H and O–H groups in total. The molecule has 1 nitrogen and oxygen atoms in total. The molecular weight excluding hydrogens is 353 g/mol. The lowest BCUT2D eigenvalue weighted by Gasteiger charge is -2.04. The van der Waals surface area contributed by atoms with Gasteiger partial charge in [-0.3, -0.25) is 4.79 Å². The molecule has 0 bridgehead atoms. The monoisotopic (exact) mass is 360 g/mol. The minimum Gasteiger partial charge on any atom is -0.289 e. The van der Waals surface area contributed by atoms with Crippen molar-refractivity contribution in [1.29, 1.82) is 0 Å². The Hall–Kier alpha value is -0.940. The highest BCUT2D eigenvalue weighted by atomic mass is 127. The zero-order valence-electron chi connectivity index (χ0n) is 8.58. The molecule has 0 spiro atoms. The summed E-state index contributed by atoms with van der Waals surface area (Å²) in [7, 11) is 0. The highest BCUT2D eigenvalue weighted by Crippen LogP contribution is 2.22. The molecule has 2 aromatic rings. The van der Waals surface area contributed by atoms with Gasteiger partial charge in [0.25, 0.3) is 0 Å². The van der Waals surface area contributed by atoms with Gasteiger partial charge >= 0.3 is 0 Å². The van der Waals surface area contributed by atoms with E-state index < -0.39 is 0 Å². The zero-order chi connectivity index (χ0) is 12.4. The van der Waals surface area contributed by atoms with E-state index in [1.54, 1.807) is 12.1 Å². The van der Waals surface area contributed by atoms with E-state index in [1.165, 1.54) is 24.3 Å². The van der Waals surface area contributed by atoms with E-state index >= 15 is 0 Å². The van der Waals surface area contributed by atoms with Gasteiger partial charge in [0.2, 0.25) is 0 Å². The minimum atomic E-state index is -0.366. The Morgan fingerprint density at radius 1 is 1.12 bits per heavy atom. The van der Waals surface area contributed by atoms with Gasteiger partial charge in [-0.05, 0) is 65.1 Å². The summed E-state index contributed by atoms with van der Waals surface area (Å²) in [4.78, 5) is 12.1. The maximum Gasteiger partial charge on any atom is 0.194 e. The summed E-state index contributed by atoms with van der Waals surface area (Å²) < 4.78 is 13.7. The van der Waals surface area contributed by atoms with Crippen molar-refractivity contribution < 1.29 is 9.18 Å². The van der Waals surface area contributed by atoms with Crippen LogP contribution in [0.3, 0.4) is 0 Å². The van der Waals surface area contributed by atoms with Crippen molar-refractivity contribution in [3.05, 3.63) is 68.0 Å². The van der Waals surface area contributed by atoms with Gasteiger partial charge in [0.1, 0.15) is 5.82 Å². The van der Waals surface area contributed by atoms with Crippen molar-refractivity contribution in [2.45, 2.75) is 0 Å². The fourth-order valence-corrected chi connectivity index (χ4v) is 2.37. The molecule has 0 aliphatic carbocycles. The molecule has 0 unspecified atom stereocenters. The van der Waals surface area contributed by atoms with E-state index in [0.717, 1.165) is 3.57 Å². The van der Waals surface area contributed by atoms with Crippen molar-refractivity contribution in [2.75, 3.05) is 0 Å². The van der Waals surface area contributed by atoms with Crippen molar-refractivity contribution in [3.8, 4) is 0 Å². The van der Waals surface area contributed by atoms with E-state index in [2.05, 4.69) is 22.6 Å². The molecule has 2 aromatic carbocycles. The minimum absolute atomic E-state index is 0.202. The molecule has 0 amide bonds. The van der Waals surface area contributed by atoms with Crippen molar-refractivity contribution in [3.63, 3.8) is 0 Å². The van der Waals surface area contributed by atoms with Crippen LogP contribution < -0.4 is 0 Å². The standard InChI is InChI=1S/C13H7ClFIO/c14-12-7-10(16)5-6-11(12)13(17)8-1-3-9(15)4-2-8/h1-7H. The second kappa shape index (κ2) is 5.14. The molecule has 17 heavy (non-hydrogen) atoms. The van der Waals surface area contributed by atoms with Crippen LogP contribution in [0.2, 0.25) is 5.02 Å². The van der Waals surface area contributed by atoms with Crippen LogP contribution in [-0.4, -0.2) is 5.78 Å². The number of benzene rings is 2. The maximum atomic E-state index is 12.7. The topological polar surface area (TPSA) is 17.1 Å². The average molecular weight is 361 g/mol. The van der Waals surface area contributed by atoms with Crippen LogP contribution in [0.25, 0.3) is 0 Å². The Bertz CT molecular complexity index is 566. The number of rotatable bonds is 2.